The third kappa shape index (κ3) is 4.90. The van der Waals surface area contributed by atoms with Gasteiger partial charge in [-0.2, -0.15) is 51.6 Å². The molecule has 2 heterocycles. The maximum Gasteiger partial charge on any atom is 0.534 e. The smallest absolute Gasteiger partial charge is 0.456 e. The molecule has 230 valence electrons. The summed E-state index contributed by atoms with van der Waals surface area (Å²) >= 11 is 0. The quantitative estimate of drug-likeness (QED) is 0.136. The Morgan fingerprint density at radius 2 is 1.14 bits per heavy atom. The molecule has 3 aromatic rings. The van der Waals surface area contributed by atoms with Crippen LogP contribution in [0.2, 0.25) is 0 Å². The van der Waals surface area contributed by atoms with Crippen LogP contribution in [0.5, 0.6) is 23.0 Å². The molecular formula is C22H10F6O12S3. The van der Waals surface area contributed by atoms with Crippen LogP contribution in [-0.2, 0) is 40.7 Å². The van der Waals surface area contributed by atoms with Crippen LogP contribution >= 0.6 is 0 Å². The molecule has 12 nitrogen and oxygen atoms in total. The molecule has 0 aromatic heterocycles. The number of hydrogen-bond acceptors (Lipinski definition) is 11. The number of esters is 1. The fraction of sp³-hybridized carbons (Fsp3) is 0.136. The molecular weight excluding hydrogens is 666 g/mol. The van der Waals surface area contributed by atoms with Crippen LogP contribution in [0.3, 0.4) is 0 Å². The number of hydrogen-bond donors (Lipinski definition) is 1. The molecule has 0 radical (unpaired) electrons. The Morgan fingerprint density at radius 3 is 1.56 bits per heavy atom. The highest BCUT2D eigenvalue weighted by Gasteiger charge is 2.55. The molecule has 0 bridgehead atoms. The van der Waals surface area contributed by atoms with Crippen LogP contribution in [0, 0.1) is 0 Å². The number of ether oxygens (including phenoxy) is 2. The van der Waals surface area contributed by atoms with Crippen LogP contribution in [0.15, 0.2) is 59.5 Å². The summed E-state index contributed by atoms with van der Waals surface area (Å²) in [5, 5.41) is 0. The zero-order valence-corrected chi connectivity index (χ0v) is 22.6. The molecule has 0 unspecified atom stereocenters. The molecule has 43 heavy (non-hydrogen) atoms. The van der Waals surface area contributed by atoms with Crippen LogP contribution in [0.1, 0.15) is 27.0 Å². The molecule has 0 aliphatic carbocycles. The highest BCUT2D eigenvalue weighted by atomic mass is 32.2. The Hall–Kier alpha value is -4.08. The predicted molar refractivity (Wildman–Crippen MR) is 126 cm³/mol. The second-order valence-electron chi connectivity index (χ2n) is 8.64. The molecule has 2 aliphatic heterocycles. The molecule has 1 N–H and O–H groups in total. The van der Waals surface area contributed by atoms with E-state index < -0.39 is 80.8 Å². The van der Waals surface area contributed by atoms with E-state index in [0.717, 1.165) is 30.3 Å². The minimum Gasteiger partial charge on any atom is -0.456 e. The number of alkyl halides is 6. The molecule has 0 saturated heterocycles. The van der Waals surface area contributed by atoms with E-state index in [-0.39, 0.29) is 22.3 Å². The highest BCUT2D eigenvalue weighted by Crippen LogP contribution is 2.57. The van der Waals surface area contributed by atoms with E-state index in [9.17, 15) is 60.9 Å². The summed E-state index contributed by atoms with van der Waals surface area (Å²) < 4.78 is 176. The van der Waals surface area contributed by atoms with Crippen molar-refractivity contribution in [3.05, 3.63) is 76.9 Å². The van der Waals surface area contributed by atoms with Gasteiger partial charge >= 0.3 is 37.2 Å². The molecule has 0 fully saturated rings. The van der Waals surface area contributed by atoms with E-state index >= 15 is 0 Å². The Kier molecular flexibility index (Phi) is 6.51. The topological polar surface area (TPSA) is 177 Å². The summed E-state index contributed by atoms with van der Waals surface area (Å²) in [5.74, 6) is -4.38. The molecule has 21 heteroatoms. The van der Waals surface area contributed by atoms with Gasteiger partial charge in [0.25, 0.3) is 10.1 Å². The summed E-state index contributed by atoms with van der Waals surface area (Å²) in [6.07, 6.45) is 0. The van der Waals surface area contributed by atoms with Crippen molar-refractivity contribution in [3.63, 3.8) is 0 Å². The highest BCUT2D eigenvalue weighted by molar-refractivity contribution is 7.88. The van der Waals surface area contributed by atoms with E-state index in [1.54, 1.807) is 0 Å². The van der Waals surface area contributed by atoms with Crippen molar-refractivity contribution in [2.24, 2.45) is 0 Å². The lowest BCUT2D eigenvalue weighted by molar-refractivity contribution is -0.0504. The Bertz CT molecular complexity index is 1940. The SMILES string of the molecule is O=C1OC2(c3ccc(OS(=O)(=O)C(F)(F)F)cc3Oc3cc(OS(=O)(=O)C(F)(F)F)ccc32)c2cc(S(=O)(=O)O)ccc21. The predicted octanol–water partition coefficient (Wildman–Crippen LogP) is 3.96. The summed E-state index contributed by atoms with van der Waals surface area (Å²) in [5.41, 5.74) is -15.2. The molecule has 1 spiro atoms. The van der Waals surface area contributed by atoms with E-state index in [2.05, 4.69) is 8.37 Å². The Morgan fingerprint density at radius 1 is 0.674 bits per heavy atom. The third-order valence-electron chi connectivity index (χ3n) is 6.00. The van der Waals surface area contributed by atoms with Crippen molar-refractivity contribution in [3.8, 4) is 23.0 Å². The Balaban J connectivity index is 1.76. The van der Waals surface area contributed by atoms with Gasteiger partial charge in [0.2, 0.25) is 0 Å². The average Bonchev–Trinajstić information content (AvgIpc) is 3.13. The molecule has 2 aliphatic rings. The molecule has 0 amide bonds. The van der Waals surface area contributed by atoms with Crippen molar-refractivity contribution in [2.45, 2.75) is 21.5 Å². The van der Waals surface area contributed by atoms with E-state index in [1.807, 2.05) is 0 Å². The van der Waals surface area contributed by atoms with Gasteiger partial charge in [0.1, 0.15) is 23.0 Å². The average molecular weight is 676 g/mol. The summed E-state index contributed by atoms with van der Waals surface area (Å²) in [6, 6.07) is 6.91. The van der Waals surface area contributed by atoms with Gasteiger partial charge in [-0.3, -0.25) is 4.55 Å². The van der Waals surface area contributed by atoms with Crippen LogP contribution in [-0.4, -0.2) is 46.8 Å². The van der Waals surface area contributed by atoms with Crippen LogP contribution in [0.4, 0.5) is 26.3 Å². The van der Waals surface area contributed by atoms with E-state index in [1.165, 1.54) is 0 Å². The maximum atomic E-state index is 12.9. The third-order valence-corrected chi connectivity index (χ3v) is 8.80. The van der Waals surface area contributed by atoms with Gasteiger partial charge in [0.15, 0.2) is 5.60 Å². The normalized spacial score (nSPS) is 16.0. The van der Waals surface area contributed by atoms with Gasteiger partial charge in [-0.15, -0.1) is 0 Å². The van der Waals surface area contributed by atoms with Crippen LogP contribution < -0.4 is 13.1 Å². The summed E-state index contributed by atoms with van der Waals surface area (Å²) in [4.78, 5) is 12.2. The van der Waals surface area contributed by atoms with Crippen LogP contribution in [0.25, 0.3) is 0 Å². The first-order chi connectivity index (χ1) is 19.6. The lowest BCUT2D eigenvalue weighted by Crippen LogP contribution is -2.33. The van der Waals surface area contributed by atoms with Gasteiger partial charge in [-0.05, 0) is 42.5 Å². The molecule has 0 atom stereocenters. The number of rotatable bonds is 5. The Labute approximate surface area is 236 Å². The lowest BCUT2D eigenvalue weighted by atomic mass is 9.77. The minimum atomic E-state index is -6.21. The first kappa shape index (κ1) is 30.4. The molecule has 0 saturated carbocycles. The van der Waals surface area contributed by atoms with E-state index in [4.69, 9.17) is 9.47 Å². The van der Waals surface area contributed by atoms with Crippen molar-refractivity contribution >= 4 is 36.3 Å². The number of halogens is 6. The second kappa shape index (κ2) is 9.21. The van der Waals surface area contributed by atoms with Gasteiger partial charge in [0.05, 0.1) is 10.5 Å². The summed E-state index contributed by atoms with van der Waals surface area (Å²) in [7, 11) is -17.3. The second-order valence-corrected chi connectivity index (χ2v) is 13.1. The minimum absolute atomic E-state index is 0.284. The van der Waals surface area contributed by atoms with Gasteiger partial charge in [-0.1, -0.05) is 0 Å². The fourth-order valence-corrected chi connectivity index (χ4v) is 5.68. The van der Waals surface area contributed by atoms with E-state index in [0.29, 0.717) is 24.3 Å². The fourth-order valence-electron chi connectivity index (χ4n) is 4.27. The molecule has 3 aromatic carbocycles. The lowest BCUT2D eigenvalue weighted by Gasteiger charge is -2.36. The number of carbonyl (C=O) groups is 1. The first-order valence-electron chi connectivity index (χ1n) is 10.9. The van der Waals surface area contributed by atoms with Crippen molar-refractivity contribution in [2.75, 3.05) is 0 Å². The number of benzene rings is 3. The maximum absolute atomic E-state index is 12.9. The van der Waals surface area contributed by atoms with Gasteiger partial charge < -0.3 is 17.8 Å². The van der Waals surface area contributed by atoms with Crippen molar-refractivity contribution in [1.82, 2.24) is 0 Å². The van der Waals surface area contributed by atoms with Crippen molar-refractivity contribution < 1.29 is 78.8 Å². The zero-order chi connectivity index (χ0) is 32.0. The first-order valence-corrected chi connectivity index (χ1v) is 15.2. The summed E-state index contributed by atoms with van der Waals surface area (Å²) in [6.45, 7) is 0. The number of fused-ring (bicyclic) bond motifs is 6. The molecule has 5 rings (SSSR count). The van der Waals surface area contributed by atoms with Gasteiger partial charge in [-0.25, -0.2) is 4.79 Å². The monoisotopic (exact) mass is 676 g/mol. The standard InChI is InChI=1S/C22H10F6O12S3/c23-21(24,25)42(33,34)39-10-1-5-14-17(7-10)37-18-8-11(40-43(35,36)22(26,27)28)2-6-15(18)20(14)16-9-12(41(30,31)32)3-4-13(16)19(29)38-20/h1-9H,(H,30,31,32). The number of carbonyl (C=O) groups excluding carboxylic acids is 1. The van der Waals surface area contributed by atoms with Gasteiger partial charge in [0, 0.05) is 28.8 Å². The largest absolute Gasteiger partial charge is 0.534 e. The zero-order valence-electron chi connectivity index (χ0n) is 20.1. The van der Waals surface area contributed by atoms with Crippen molar-refractivity contribution in [1.29, 1.82) is 0 Å².